The molecule has 242 valence electrons. The van der Waals surface area contributed by atoms with E-state index >= 15 is 0 Å². The van der Waals surface area contributed by atoms with Crippen molar-refractivity contribution < 1.29 is 18.7 Å². The molecule has 1 heterocycles. The van der Waals surface area contributed by atoms with E-state index in [-0.39, 0.29) is 34.2 Å². The van der Waals surface area contributed by atoms with Crippen molar-refractivity contribution in [3.8, 4) is 11.8 Å². The number of allylic oxidation sites excluding steroid dienone is 1. The second-order valence-electron chi connectivity index (χ2n) is 15.3. The van der Waals surface area contributed by atoms with Crippen LogP contribution in [-0.2, 0) is 18.7 Å². The molecule has 5 rings (SSSR count). The Kier molecular flexibility index (Phi) is 10.4. The van der Waals surface area contributed by atoms with Gasteiger partial charge in [-0.1, -0.05) is 115 Å². The molecule has 0 N–H and O–H groups in total. The van der Waals surface area contributed by atoms with E-state index in [1.54, 1.807) is 0 Å². The molecule has 4 nitrogen and oxygen atoms in total. The van der Waals surface area contributed by atoms with Crippen molar-refractivity contribution in [3.05, 3.63) is 71.2 Å². The van der Waals surface area contributed by atoms with E-state index in [0.717, 1.165) is 25.7 Å². The number of ether oxygens (including phenoxy) is 2. The average Bonchev–Trinajstić information content (AvgIpc) is 3.51. The van der Waals surface area contributed by atoms with E-state index in [0.29, 0.717) is 36.0 Å². The Labute approximate surface area is 281 Å². The molecule has 6 heteroatoms. The van der Waals surface area contributed by atoms with Crippen LogP contribution in [0.15, 0.2) is 71.2 Å². The number of benzene rings is 2. The maximum atomic E-state index is 13.6. The molecule has 0 bridgehead atoms. The fourth-order valence-electron chi connectivity index (χ4n) is 7.78. The number of fused-ring (bicyclic) bond motifs is 1. The number of carbonyl (C=O) groups excluding carboxylic acids is 1. The molecular formula is C39H51BrO4Si. The molecule has 0 radical (unpaired) electrons. The largest absolute Gasteiger partial charge is 0.404 e. The van der Waals surface area contributed by atoms with Gasteiger partial charge in [-0.15, -0.1) is 11.8 Å². The first-order valence-electron chi connectivity index (χ1n) is 16.7. The monoisotopic (exact) mass is 690 g/mol. The number of hydrogen-bond acceptors (Lipinski definition) is 4. The van der Waals surface area contributed by atoms with Crippen molar-refractivity contribution in [2.75, 3.05) is 13.2 Å². The molecule has 1 aliphatic heterocycles. The third-order valence-electron chi connectivity index (χ3n) is 10.1. The van der Waals surface area contributed by atoms with Gasteiger partial charge >= 0.3 is 0 Å². The van der Waals surface area contributed by atoms with Gasteiger partial charge in [0.2, 0.25) is 0 Å². The fraction of sp³-hybridized carbons (Fsp3) is 0.564. The van der Waals surface area contributed by atoms with Crippen LogP contribution in [0.4, 0.5) is 0 Å². The maximum Gasteiger partial charge on any atom is 0.261 e. The second-order valence-corrected chi connectivity index (χ2v) is 20.4. The number of rotatable bonds is 8. The van der Waals surface area contributed by atoms with Crippen LogP contribution < -0.4 is 10.4 Å². The standard InChI is InChI=1S/C39H51BrO4Si/c1-8-9-12-17-28(2)36(41)34(40)23-32-33-25-39(42-26-38(6,7)27-43-39)24-29(33)22-35(32)44-45(37(3,4)5,30-18-13-10-14-19-30)31-20-15-11-16-21-31/h10-11,13-16,18-21,23,28-29,32-33,35H,8,17,22,24-27H2,1-7H3/t28-,29+,32+,33-,35+/m0/s1. The lowest BCUT2D eigenvalue weighted by Gasteiger charge is -2.46. The van der Waals surface area contributed by atoms with Crippen LogP contribution in [0.2, 0.25) is 5.04 Å². The Morgan fingerprint density at radius 2 is 1.60 bits per heavy atom. The maximum absolute atomic E-state index is 13.6. The number of halogens is 1. The lowest BCUT2D eigenvalue weighted by molar-refractivity contribution is -0.298. The lowest BCUT2D eigenvalue weighted by Crippen LogP contribution is -2.68. The van der Waals surface area contributed by atoms with Gasteiger partial charge in [0, 0.05) is 42.9 Å². The molecule has 2 saturated carbocycles. The Bertz CT molecular complexity index is 1370. The Balaban J connectivity index is 1.54. The zero-order chi connectivity index (χ0) is 32.5. The summed E-state index contributed by atoms with van der Waals surface area (Å²) in [5.41, 5.74) is 0.0173. The van der Waals surface area contributed by atoms with Crippen molar-refractivity contribution >= 4 is 40.4 Å². The highest BCUT2D eigenvalue weighted by molar-refractivity contribution is 9.12. The normalized spacial score (nSPS) is 26.6. The van der Waals surface area contributed by atoms with Crippen LogP contribution >= 0.6 is 15.9 Å². The summed E-state index contributed by atoms with van der Waals surface area (Å²) in [6, 6.07) is 21.7. The number of hydrogen-bond donors (Lipinski definition) is 0. The van der Waals surface area contributed by atoms with Gasteiger partial charge in [0.15, 0.2) is 11.6 Å². The predicted octanol–water partition coefficient (Wildman–Crippen LogP) is 8.03. The minimum atomic E-state index is -2.80. The first-order chi connectivity index (χ1) is 21.3. The van der Waals surface area contributed by atoms with Crippen molar-refractivity contribution in [3.63, 3.8) is 0 Å². The number of Topliss-reactive ketones (excluding diaryl/α,β-unsaturated/α-hetero) is 1. The molecule has 2 aromatic carbocycles. The van der Waals surface area contributed by atoms with Crippen LogP contribution in [0.3, 0.4) is 0 Å². The summed E-state index contributed by atoms with van der Waals surface area (Å²) >= 11 is 3.76. The zero-order valence-electron chi connectivity index (χ0n) is 28.2. The summed E-state index contributed by atoms with van der Waals surface area (Å²) in [5.74, 6) is 6.40. The van der Waals surface area contributed by atoms with E-state index in [2.05, 4.69) is 129 Å². The summed E-state index contributed by atoms with van der Waals surface area (Å²) in [5, 5.41) is 2.42. The van der Waals surface area contributed by atoms with Crippen LogP contribution in [-0.4, -0.2) is 39.2 Å². The van der Waals surface area contributed by atoms with Gasteiger partial charge in [-0.05, 0) is 49.6 Å². The van der Waals surface area contributed by atoms with Gasteiger partial charge in [0.25, 0.3) is 8.32 Å². The summed E-state index contributed by atoms with van der Waals surface area (Å²) in [6.07, 6.45) is 6.11. The van der Waals surface area contributed by atoms with E-state index in [1.807, 2.05) is 13.8 Å². The van der Waals surface area contributed by atoms with Crippen molar-refractivity contribution in [2.45, 2.75) is 97.5 Å². The molecule has 0 amide bonds. The van der Waals surface area contributed by atoms with Crippen molar-refractivity contribution in [1.29, 1.82) is 0 Å². The van der Waals surface area contributed by atoms with E-state index < -0.39 is 14.1 Å². The van der Waals surface area contributed by atoms with Gasteiger partial charge in [-0.3, -0.25) is 4.79 Å². The van der Waals surface area contributed by atoms with Gasteiger partial charge < -0.3 is 13.9 Å². The zero-order valence-corrected chi connectivity index (χ0v) is 30.8. The van der Waals surface area contributed by atoms with Crippen LogP contribution in [0.25, 0.3) is 0 Å². The molecule has 2 aliphatic carbocycles. The average molecular weight is 692 g/mol. The van der Waals surface area contributed by atoms with E-state index in [1.165, 1.54) is 10.4 Å². The molecule has 5 atom stereocenters. The molecule has 0 unspecified atom stereocenters. The topological polar surface area (TPSA) is 44.8 Å². The second kappa shape index (κ2) is 13.6. The molecule has 2 aromatic rings. The molecule has 1 saturated heterocycles. The minimum absolute atomic E-state index is 0.0173. The highest BCUT2D eigenvalue weighted by Gasteiger charge is 2.60. The van der Waals surface area contributed by atoms with Crippen LogP contribution in [0.5, 0.6) is 0 Å². The van der Waals surface area contributed by atoms with Gasteiger partial charge in [-0.2, -0.15) is 0 Å². The highest BCUT2D eigenvalue weighted by Crippen LogP contribution is 2.57. The molecule has 3 fully saturated rings. The first kappa shape index (κ1) is 34.3. The lowest BCUT2D eigenvalue weighted by atomic mass is 9.89. The van der Waals surface area contributed by atoms with Gasteiger partial charge in [-0.25, -0.2) is 0 Å². The van der Waals surface area contributed by atoms with Gasteiger partial charge in [0.1, 0.15) is 0 Å². The molecule has 3 aliphatic rings. The molecule has 0 aromatic heterocycles. The number of ketones is 1. The number of carbonyl (C=O) groups is 1. The minimum Gasteiger partial charge on any atom is -0.404 e. The Morgan fingerprint density at radius 1 is 1.02 bits per heavy atom. The third kappa shape index (κ3) is 7.14. The smallest absolute Gasteiger partial charge is 0.261 e. The molecular weight excluding hydrogens is 640 g/mol. The van der Waals surface area contributed by atoms with E-state index in [4.69, 9.17) is 13.9 Å². The van der Waals surface area contributed by atoms with Crippen LogP contribution in [0, 0.1) is 40.9 Å². The first-order valence-corrected chi connectivity index (χ1v) is 19.4. The Morgan fingerprint density at radius 3 is 2.13 bits per heavy atom. The fourth-order valence-corrected chi connectivity index (χ4v) is 13.2. The van der Waals surface area contributed by atoms with Crippen molar-refractivity contribution in [1.82, 2.24) is 0 Å². The predicted molar refractivity (Wildman–Crippen MR) is 189 cm³/mol. The van der Waals surface area contributed by atoms with E-state index in [9.17, 15) is 4.79 Å². The van der Waals surface area contributed by atoms with Crippen molar-refractivity contribution in [2.24, 2.45) is 29.1 Å². The summed E-state index contributed by atoms with van der Waals surface area (Å²) < 4.78 is 21.5. The van der Waals surface area contributed by atoms with Gasteiger partial charge in [0.05, 0.1) is 23.8 Å². The SMILES string of the molecule is CCC#CC[C@H](C)C(=O)C(Br)=C[C@@H]1[C@H]2CC3(C[C@H]2C[C@H]1O[Si](c1ccccc1)(c1ccccc1)C(C)(C)C)OCC(C)(C)CO3. The third-order valence-corrected chi connectivity index (χ3v) is 15.8. The Hall–Kier alpha value is -2.01. The molecule has 45 heavy (non-hydrogen) atoms. The molecule has 1 spiro atoms. The highest BCUT2D eigenvalue weighted by atomic mass is 79.9. The quantitative estimate of drug-likeness (QED) is 0.160. The summed E-state index contributed by atoms with van der Waals surface area (Å²) in [7, 11) is -2.80. The van der Waals surface area contributed by atoms with Crippen LogP contribution in [0.1, 0.15) is 80.6 Å². The summed E-state index contributed by atoms with van der Waals surface area (Å²) in [4.78, 5) is 13.6. The summed E-state index contributed by atoms with van der Waals surface area (Å²) in [6.45, 7) is 16.8.